The lowest BCUT2D eigenvalue weighted by Crippen LogP contribution is -2.42. The summed E-state index contributed by atoms with van der Waals surface area (Å²) in [6.45, 7) is 0.912. The maximum absolute atomic E-state index is 12.8. The minimum Gasteiger partial charge on any atom is -0.497 e. The van der Waals surface area contributed by atoms with E-state index in [0.29, 0.717) is 42.9 Å². The first-order valence-corrected chi connectivity index (χ1v) is 10.7. The lowest BCUT2D eigenvalue weighted by atomic mass is 9.88. The van der Waals surface area contributed by atoms with Crippen molar-refractivity contribution in [2.75, 3.05) is 20.2 Å². The van der Waals surface area contributed by atoms with Crippen LogP contribution in [0.15, 0.2) is 58.7 Å². The summed E-state index contributed by atoms with van der Waals surface area (Å²) in [5, 5.41) is 1.93. The second-order valence-corrected chi connectivity index (χ2v) is 8.20. The van der Waals surface area contributed by atoms with E-state index in [1.807, 2.05) is 17.5 Å². The van der Waals surface area contributed by atoms with Crippen LogP contribution in [0.4, 0.5) is 0 Å². The Morgan fingerprint density at radius 2 is 1.80 bits per heavy atom. The normalized spacial score (nSPS) is 14.5. The summed E-state index contributed by atoms with van der Waals surface area (Å²) in [6.07, 6.45) is 1.17. The lowest BCUT2D eigenvalue weighted by Gasteiger charge is -2.31. The zero-order valence-corrected chi connectivity index (χ0v) is 17.4. The molecule has 2 aromatic heterocycles. The van der Waals surface area contributed by atoms with Crippen molar-refractivity contribution >= 4 is 23.0 Å². The monoisotopic (exact) mass is 422 g/mol. The summed E-state index contributed by atoms with van der Waals surface area (Å²) in [4.78, 5) is 43.5. The predicted molar refractivity (Wildman–Crippen MR) is 116 cm³/mol. The van der Waals surface area contributed by atoms with Gasteiger partial charge in [-0.3, -0.25) is 14.4 Å². The number of pyridine rings is 1. The van der Waals surface area contributed by atoms with E-state index >= 15 is 0 Å². The van der Waals surface area contributed by atoms with Crippen molar-refractivity contribution in [3.05, 3.63) is 75.4 Å². The third kappa shape index (κ3) is 4.07. The molecular weight excluding hydrogens is 400 g/mol. The molecule has 1 N–H and O–H groups in total. The Morgan fingerprint density at radius 3 is 2.40 bits per heavy atom. The number of H-pyrrole nitrogens is 1. The zero-order valence-electron chi connectivity index (χ0n) is 16.6. The van der Waals surface area contributed by atoms with Crippen LogP contribution in [0.3, 0.4) is 0 Å². The smallest absolute Gasteiger partial charge is 0.261 e. The van der Waals surface area contributed by atoms with E-state index in [1.54, 1.807) is 48.4 Å². The molecule has 1 aliphatic heterocycles. The van der Waals surface area contributed by atoms with Gasteiger partial charge in [0.1, 0.15) is 11.3 Å². The van der Waals surface area contributed by atoms with Crippen molar-refractivity contribution < 1.29 is 14.3 Å². The van der Waals surface area contributed by atoms with Crippen LogP contribution in [0.2, 0.25) is 0 Å². The van der Waals surface area contributed by atoms with Crippen molar-refractivity contribution in [2.24, 2.45) is 5.92 Å². The molecule has 0 atom stereocenters. The highest BCUT2D eigenvalue weighted by molar-refractivity contribution is 7.13. The fourth-order valence-corrected chi connectivity index (χ4v) is 4.43. The van der Waals surface area contributed by atoms with Crippen LogP contribution < -0.4 is 10.3 Å². The fraction of sp³-hybridized carbons (Fsp3) is 0.261. The average molecular weight is 423 g/mol. The topological polar surface area (TPSA) is 79.5 Å². The van der Waals surface area contributed by atoms with Crippen molar-refractivity contribution in [1.82, 2.24) is 9.88 Å². The molecule has 0 spiro atoms. The van der Waals surface area contributed by atoms with Gasteiger partial charge in [-0.15, -0.1) is 11.3 Å². The Bertz CT molecular complexity index is 1090. The van der Waals surface area contributed by atoms with Gasteiger partial charge < -0.3 is 14.6 Å². The van der Waals surface area contributed by atoms with Gasteiger partial charge in [-0.05, 0) is 60.7 Å². The maximum Gasteiger partial charge on any atom is 0.261 e. The highest BCUT2D eigenvalue weighted by atomic mass is 32.1. The van der Waals surface area contributed by atoms with Gasteiger partial charge in [-0.2, -0.15) is 0 Å². The number of benzene rings is 1. The van der Waals surface area contributed by atoms with Crippen LogP contribution in [-0.2, 0) is 0 Å². The molecule has 0 aliphatic carbocycles. The molecule has 0 bridgehead atoms. The number of likely N-dealkylation sites (tertiary alicyclic amines) is 1. The van der Waals surface area contributed by atoms with E-state index < -0.39 is 0 Å². The molecule has 30 heavy (non-hydrogen) atoms. The van der Waals surface area contributed by atoms with Crippen molar-refractivity contribution in [1.29, 1.82) is 0 Å². The molecule has 4 rings (SSSR count). The molecular formula is C23H22N2O4S. The van der Waals surface area contributed by atoms with E-state index in [9.17, 15) is 14.4 Å². The molecule has 1 aromatic carbocycles. The number of nitrogens with one attached hydrogen (secondary N) is 1. The number of hydrogen-bond acceptors (Lipinski definition) is 5. The number of rotatable bonds is 5. The summed E-state index contributed by atoms with van der Waals surface area (Å²) in [5.74, 6) is 0.386. The summed E-state index contributed by atoms with van der Waals surface area (Å²) in [5.41, 5.74) is 1.11. The van der Waals surface area contributed by atoms with Crippen molar-refractivity contribution in [3.8, 4) is 16.3 Å². The minimum absolute atomic E-state index is 0.0860. The van der Waals surface area contributed by atoms with Gasteiger partial charge in [-0.1, -0.05) is 6.07 Å². The van der Waals surface area contributed by atoms with Gasteiger partial charge >= 0.3 is 0 Å². The standard InChI is InChI=1S/C23H22N2O4S/c1-29-17-6-4-15(5-7-17)21(26)16-10-12-25(13-11-16)23(28)18-8-9-19(24-22(18)27)20-3-2-14-30-20/h2-9,14,16H,10-13H2,1H3,(H,24,27). The van der Waals surface area contributed by atoms with Gasteiger partial charge in [-0.25, -0.2) is 0 Å². The molecule has 1 aliphatic rings. The van der Waals surface area contributed by atoms with Gasteiger partial charge in [0.25, 0.3) is 11.5 Å². The Kier molecular flexibility index (Phi) is 5.81. The first-order chi connectivity index (χ1) is 14.6. The summed E-state index contributed by atoms with van der Waals surface area (Å²) in [7, 11) is 1.59. The molecule has 0 unspecified atom stereocenters. The minimum atomic E-state index is -0.387. The summed E-state index contributed by atoms with van der Waals surface area (Å²) in [6, 6.07) is 14.3. The number of carbonyl (C=O) groups excluding carboxylic acids is 2. The molecule has 154 valence electrons. The number of piperidine rings is 1. The summed E-state index contributed by atoms with van der Waals surface area (Å²) < 4.78 is 5.13. The predicted octanol–water partition coefficient (Wildman–Crippen LogP) is 3.85. The molecule has 1 saturated heterocycles. The number of amides is 1. The van der Waals surface area contributed by atoms with Gasteiger partial charge in [0, 0.05) is 24.6 Å². The molecule has 1 amide bonds. The van der Waals surface area contributed by atoms with Crippen LogP contribution in [0.25, 0.3) is 10.6 Å². The number of hydrogen-bond donors (Lipinski definition) is 1. The molecule has 0 saturated carbocycles. The van der Waals surface area contributed by atoms with E-state index in [4.69, 9.17) is 4.74 Å². The molecule has 3 aromatic rings. The number of ketones is 1. The molecule has 1 fully saturated rings. The number of Topliss-reactive ketones (excluding diaryl/α,β-unsaturated/α-hetero) is 1. The highest BCUT2D eigenvalue weighted by Crippen LogP contribution is 2.25. The lowest BCUT2D eigenvalue weighted by molar-refractivity contribution is 0.0649. The number of ether oxygens (including phenoxy) is 1. The largest absolute Gasteiger partial charge is 0.497 e. The van der Waals surface area contributed by atoms with E-state index in [2.05, 4.69) is 4.98 Å². The van der Waals surface area contributed by atoms with Gasteiger partial charge in [0.2, 0.25) is 0 Å². The Morgan fingerprint density at radius 1 is 1.07 bits per heavy atom. The Balaban J connectivity index is 1.40. The molecule has 6 nitrogen and oxygen atoms in total. The van der Waals surface area contributed by atoms with Crippen LogP contribution >= 0.6 is 11.3 Å². The average Bonchev–Trinajstić information content (AvgIpc) is 3.33. The Hall–Kier alpha value is -3.19. The number of carbonyl (C=O) groups is 2. The number of methoxy groups -OCH3 is 1. The van der Waals surface area contributed by atoms with Crippen molar-refractivity contribution in [2.45, 2.75) is 12.8 Å². The molecule has 0 radical (unpaired) electrons. The van der Waals surface area contributed by atoms with Crippen molar-refractivity contribution in [3.63, 3.8) is 0 Å². The number of thiophene rings is 1. The van der Waals surface area contributed by atoms with E-state index in [1.165, 1.54) is 11.3 Å². The first kappa shape index (κ1) is 20.1. The van der Waals surface area contributed by atoms with Gasteiger partial charge in [0.05, 0.1) is 17.7 Å². The molecule has 3 heterocycles. The van der Waals surface area contributed by atoms with Gasteiger partial charge in [0.15, 0.2) is 5.78 Å². The SMILES string of the molecule is COc1ccc(C(=O)C2CCN(C(=O)c3ccc(-c4cccs4)[nH]c3=O)CC2)cc1. The third-order valence-corrected chi connectivity index (χ3v) is 6.36. The van der Waals surface area contributed by atoms with Crippen LogP contribution in [0, 0.1) is 5.92 Å². The highest BCUT2D eigenvalue weighted by Gasteiger charge is 2.29. The number of nitrogens with zero attached hydrogens (tertiary/aromatic N) is 1. The number of aromatic amines is 1. The first-order valence-electron chi connectivity index (χ1n) is 9.81. The zero-order chi connectivity index (χ0) is 21.1. The van der Waals surface area contributed by atoms with Crippen LogP contribution in [0.1, 0.15) is 33.6 Å². The third-order valence-electron chi connectivity index (χ3n) is 5.45. The van der Waals surface area contributed by atoms with Crippen LogP contribution in [-0.4, -0.2) is 41.8 Å². The van der Waals surface area contributed by atoms with Crippen LogP contribution in [0.5, 0.6) is 5.75 Å². The summed E-state index contributed by atoms with van der Waals surface area (Å²) >= 11 is 1.53. The quantitative estimate of drug-likeness (QED) is 0.634. The maximum atomic E-state index is 12.8. The fourth-order valence-electron chi connectivity index (χ4n) is 3.72. The second-order valence-electron chi connectivity index (χ2n) is 7.25. The number of aromatic nitrogens is 1. The molecule has 7 heteroatoms. The second kappa shape index (κ2) is 8.67. The van der Waals surface area contributed by atoms with E-state index in [-0.39, 0.29) is 28.7 Å². The Labute approximate surface area is 178 Å². The van der Waals surface area contributed by atoms with E-state index in [0.717, 1.165) is 4.88 Å².